The summed E-state index contributed by atoms with van der Waals surface area (Å²) in [4.78, 5) is 26.6. The maximum Gasteiger partial charge on any atom is 0.229 e. The van der Waals surface area contributed by atoms with Crippen molar-refractivity contribution in [2.75, 3.05) is 18.4 Å². The number of likely N-dealkylation sites (tertiary alicyclic amines) is 1. The predicted octanol–water partition coefficient (Wildman–Crippen LogP) is 3.67. The minimum Gasteiger partial charge on any atom is -0.341 e. The lowest BCUT2D eigenvalue weighted by Crippen LogP contribution is -2.47. The third kappa shape index (κ3) is 4.32. The molecule has 1 aliphatic heterocycles. The first kappa shape index (κ1) is 17.0. The highest BCUT2D eigenvalue weighted by Gasteiger charge is 2.33. The van der Waals surface area contributed by atoms with Crippen molar-refractivity contribution in [2.24, 2.45) is 11.3 Å². The van der Waals surface area contributed by atoms with Gasteiger partial charge in [0.1, 0.15) is 0 Å². The second kappa shape index (κ2) is 6.82. The van der Waals surface area contributed by atoms with Crippen molar-refractivity contribution >= 4 is 33.4 Å². The van der Waals surface area contributed by atoms with Gasteiger partial charge in [-0.25, -0.2) is 0 Å². The second-order valence-corrected chi connectivity index (χ2v) is 7.76. The van der Waals surface area contributed by atoms with Crippen LogP contribution in [0.25, 0.3) is 0 Å². The molecule has 1 aliphatic rings. The summed E-state index contributed by atoms with van der Waals surface area (Å²) in [5, 5.41) is 2.94. The van der Waals surface area contributed by atoms with Gasteiger partial charge in [0.15, 0.2) is 0 Å². The second-order valence-electron chi connectivity index (χ2n) is 6.84. The Bertz CT molecular complexity index is 566. The minimum atomic E-state index is -0.400. The number of anilines is 1. The molecule has 1 atom stereocenters. The maximum absolute atomic E-state index is 12.4. The summed E-state index contributed by atoms with van der Waals surface area (Å²) in [7, 11) is 0. The summed E-state index contributed by atoms with van der Waals surface area (Å²) in [6.07, 6.45) is 1.70. The monoisotopic (exact) mass is 366 g/mol. The molecule has 0 bridgehead atoms. The lowest BCUT2D eigenvalue weighted by atomic mass is 9.91. The van der Waals surface area contributed by atoms with Crippen molar-refractivity contribution < 1.29 is 9.59 Å². The molecule has 0 spiro atoms. The largest absolute Gasteiger partial charge is 0.341 e. The van der Waals surface area contributed by atoms with Crippen molar-refractivity contribution in [2.45, 2.75) is 33.6 Å². The highest BCUT2D eigenvalue weighted by Crippen LogP contribution is 2.24. The zero-order valence-corrected chi connectivity index (χ0v) is 14.9. The molecule has 1 aromatic carbocycles. The van der Waals surface area contributed by atoms with Crippen LogP contribution in [0.2, 0.25) is 0 Å². The molecule has 5 heteroatoms. The van der Waals surface area contributed by atoms with Gasteiger partial charge in [-0.2, -0.15) is 0 Å². The molecule has 2 amide bonds. The van der Waals surface area contributed by atoms with Gasteiger partial charge < -0.3 is 10.2 Å². The van der Waals surface area contributed by atoms with E-state index >= 15 is 0 Å². The number of hydrogen-bond donors (Lipinski definition) is 1. The van der Waals surface area contributed by atoms with E-state index in [1.165, 1.54) is 0 Å². The Hall–Kier alpha value is -1.36. The zero-order chi connectivity index (χ0) is 16.3. The summed E-state index contributed by atoms with van der Waals surface area (Å²) >= 11 is 3.39. The number of piperidine rings is 1. The highest BCUT2D eigenvalue weighted by atomic mass is 79.9. The van der Waals surface area contributed by atoms with Crippen LogP contribution in [0.1, 0.15) is 33.6 Å². The van der Waals surface area contributed by atoms with E-state index in [1.807, 2.05) is 49.9 Å². The molecule has 1 N–H and O–H groups in total. The van der Waals surface area contributed by atoms with Crippen molar-refractivity contribution in [3.63, 3.8) is 0 Å². The molecule has 0 aromatic heterocycles. The zero-order valence-electron chi connectivity index (χ0n) is 13.4. The number of nitrogens with zero attached hydrogens (tertiary/aromatic N) is 1. The van der Waals surface area contributed by atoms with Crippen molar-refractivity contribution in [1.82, 2.24) is 4.90 Å². The first-order valence-electron chi connectivity index (χ1n) is 7.63. The Balaban J connectivity index is 2.00. The summed E-state index contributed by atoms with van der Waals surface area (Å²) in [5.74, 6) is -0.0315. The minimum absolute atomic E-state index is 0.00971. The number of benzene rings is 1. The number of amides is 2. The van der Waals surface area contributed by atoms with Crippen LogP contribution in [0.5, 0.6) is 0 Å². The average Bonchev–Trinajstić information content (AvgIpc) is 2.45. The summed E-state index contributed by atoms with van der Waals surface area (Å²) in [6.45, 7) is 7.01. The van der Waals surface area contributed by atoms with Crippen LogP contribution in [-0.2, 0) is 9.59 Å². The van der Waals surface area contributed by atoms with E-state index in [0.717, 1.165) is 29.5 Å². The fourth-order valence-corrected chi connectivity index (χ4v) is 3.06. The van der Waals surface area contributed by atoms with Crippen LogP contribution in [0.15, 0.2) is 28.7 Å². The van der Waals surface area contributed by atoms with Crippen LogP contribution in [-0.4, -0.2) is 29.8 Å². The molecule has 0 aliphatic carbocycles. The molecule has 120 valence electrons. The Morgan fingerprint density at radius 2 is 2.05 bits per heavy atom. The standard InChI is InChI=1S/C17H23BrN2O2/c1-17(2,3)16(22)20-9-5-6-12(11-20)15(21)19-14-8-4-7-13(18)10-14/h4,7-8,10,12H,5-6,9,11H2,1-3H3,(H,19,21). The van der Waals surface area contributed by atoms with E-state index in [4.69, 9.17) is 0 Å². The van der Waals surface area contributed by atoms with Gasteiger partial charge in [0.05, 0.1) is 5.92 Å². The number of rotatable bonds is 2. The molecule has 1 aromatic rings. The fourth-order valence-electron chi connectivity index (χ4n) is 2.66. The van der Waals surface area contributed by atoms with E-state index in [9.17, 15) is 9.59 Å². The Kier molecular flexibility index (Phi) is 5.27. The molecular weight excluding hydrogens is 344 g/mol. The van der Waals surface area contributed by atoms with Gasteiger partial charge in [-0.1, -0.05) is 42.8 Å². The normalized spacial score (nSPS) is 18.9. The summed E-state index contributed by atoms with van der Waals surface area (Å²) < 4.78 is 0.929. The van der Waals surface area contributed by atoms with Gasteiger partial charge in [0.2, 0.25) is 11.8 Å². The third-order valence-corrected chi connectivity index (χ3v) is 4.31. The molecule has 1 unspecified atom stereocenters. The number of carbonyl (C=O) groups is 2. The van der Waals surface area contributed by atoms with Crippen LogP contribution in [0.4, 0.5) is 5.69 Å². The van der Waals surface area contributed by atoms with Gasteiger partial charge in [-0.3, -0.25) is 9.59 Å². The number of hydrogen-bond acceptors (Lipinski definition) is 2. The molecular formula is C17H23BrN2O2. The van der Waals surface area contributed by atoms with Gasteiger partial charge >= 0.3 is 0 Å². The topological polar surface area (TPSA) is 49.4 Å². The first-order valence-corrected chi connectivity index (χ1v) is 8.42. The smallest absolute Gasteiger partial charge is 0.229 e. The Morgan fingerprint density at radius 1 is 1.32 bits per heavy atom. The van der Waals surface area contributed by atoms with E-state index in [2.05, 4.69) is 21.2 Å². The quantitative estimate of drug-likeness (QED) is 0.867. The summed E-state index contributed by atoms with van der Waals surface area (Å²) in [5.41, 5.74) is 0.376. The SMILES string of the molecule is CC(C)(C)C(=O)N1CCCC(C(=O)Nc2cccc(Br)c2)C1. The maximum atomic E-state index is 12.4. The third-order valence-electron chi connectivity index (χ3n) is 3.81. The van der Waals surface area contributed by atoms with E-state index in [0.29, 0.717) is 6.54 Å². The molecule has 22 heavy (non-hydrogen) atoms. The van der Waals surface area contributed by atoms with Crippen LogP contribution >= 0.6 is 15.9 Å². The van der Waals surface area contributed by atoms with E-state index in [1.54, 1.807) is 0 Å². The first-order chi connectivity index (χ1) is 10.3. The van der Waals surface area contributed by atoms with Crippen molar-refractivity contribution in [1.29, 1.82) is 0 Å². The molecule has 2 rings (SSSR count). The van der Waals surface area contributed by atoms with E-state index < -0.39 is 5.41 Å². The lowest BCUT2D eigenvalue weighted by Gasteiger charge is -2.35. The molecule has 0 saturated carbocycles. The van der Waals surface area contributed by atoms with Crippen molar-refractivity contribution in [3.05, 3.63) is 28.7 Å². The predicted molar refractivity (Wildman–Crippen MR) is 91.5 cm³/mol. The average molecular weight is 367 g/mol. The van der Waals surface area contributed by atoms with Gasteiger partial charge in [-0.05, 0) is 31.0 Å². The Labute approximate surface area is 140 Å². The summed E-state index contributed by atoms with van der Waals surface area (Å²) in [6, 6.07) is 7.54. The number of carbonyl (C=O) groups excluding carboxylic acids is 2. The molecule has 1 heterocycles. The Morgan fingerprint density at radius 3 is 2.68 bits per heavy atom. The van der Waals surface area contributed by atoms with Crippen LogP contribution < -0.4 is 5.32 Å². The van der Waals surface area contributed by atoms with Crippen molar-refractivity contribution in [3.8, 4) is 0 Å². The fraction of sp³-hybridized carbons (Fsp3) is 0.529. The number of nitrogens with one attached hydrogen (secondary N) is 1. The van der Waals surface area contributed by atoms with Gasteiger partial charge in [-0.15, -0.1) is 0 Å². The van der Waals surface area contributed by atoms with Gasteiger partial charge in [0.25, 0.3) is 0 Å². The molecule has 1 saturated heterocycles. The number of halogens is 1. The van der Waals surface area contributed by atoms with Crippen LogP contribution in [0.3, 0.4) is 0 Å². The lowest BCUT2D eigenvalue weighted by molar-refractivity contribution is -0.142. The highest BCUT2D eigenvalue weighted by molar-refractivity contribution is 9.10. The van der Waals surface area contributed by atoms with Gasteiger partial charge in [0, 0.05) is 28.7 Å². The van der Waals surface area contributed by atoms with Crippen LogP contribution in [0, 0.1) is 11.3 Å². The molecule has 0 radical (unpaired) electrons. The molecule has 1 fully saturated rings. The molecule has 4 nitrogen and oxygen atoms in total. The van der Waals surface area contributed by atoms with E-state index in [-0.39, 0.29) is 17.7 Å².